The van der Waals surface area contributed by atoms with E-state index in [9.17, 15) is 19.2 Å². The van der Waals surface area contributed by atoms with Gasteiger partial charge in [-0.25, -0.2) is 0 Å². The molecule has 2 N–H and O–H groups in total. The van der Waals surface area contributed by atoms with Gasteiger partial charge < -0.3 is 0 Å². The van der Waals surface area contributed by atoms with Gasteiger partial charge in [-0.15, -0.1) is 0 Å². The maximum atomic E-state index is 11.2. The zero-order valence-electron chi connectivity index (χ0n) is 6.99. The fraction of sp³-hybridized carbons (Fsp3) is 0.250. The van der Waals surface area contributed by atoms with Crippen molar-refractivity contribution in [2.75, 3.05) is 0 Å². The fourth-order valence-electron chi connectivity index (χ4n) is 1.49. The molecule has 0 aromatic heterocycles. The van der Waals surface area contributed by atoms with E-state index >= 15 is 0 Å². The Morgan fingerprint density at radius 3 is 2.29 bits per heavy atom. The molecular formula is C8H6N2O4. The van der Waals surface area contributed by atoms with Gasteiger partial charge in [-0.1, -0.05) is 0 Å². The Morgan fingerprint density at radius 1 is 1.14 bits per heavy atom. The number of amides is 4. The average molecular weight is 194 g/mol. The van der Waals surface area contributed by atoms with Gasteiger partial charge >= 0.3 is 0 Å². The highest BCUT2D eigenvalue weighted by Gasteiger charge is 2.38. The Morgan fingerprint density at radius 2 is 1.86 bits per heavy atom. The van der Waals surface area contributed by atoms with Gasteiger partial charge in [0.05, 0.1) is 5.92 Å². The molecule has 1 fully saturated rings. The monoisotopic (exact) mass is 194 g/mol. The first-order valence-electron chi connectivity index (χ1n) is 3.98. The molecule has 0 radical (unpaired) electrons. The molecule has 1 saturated heterocycles. The molecule has 0 spiro atoms. The largest absolute Gasteiger partial charge is 0.296 e. The molecule has 0 aromatic carbocycles. The van der Waals surface area contributed by atoms with Crippen LogP contribution in [0, 0.1) is 5.92 Å². The van der Waals surface area contributed by atoms with Crippen LogP contribution in [0.15, 0.2) is 11.6 Å². The number of carbonyl (C=O) groups excluding carboxylic acids is 4. The topological polar surface area (TPSA) is 92.3 Å². The van der Waals surface area contributed by atoms with Crippen LogP contribution in [0.1, 0.15) is 6.42 Å². The Balaban J connectivity index is 2.28. The number of hydrogen-bond acceptors (Lipinski definition) is 4. The van der Waals surface area contributed by atoms with Crippen molar-refractivity contribution in [2.45, 2.75) is 6.42 Å². The van der Waals surface area contributed by atoms with Gasteiger partial charge in [-0.3, -0.25) is 29.8 Å². The second-order valence-corrected chi connectivity index (χ2v) is 3.09. The van der Waals surface area contributed by atoms with Crippen molar-refractivity contribution in [3.8, 4) is 0 Å². The highest BCUT2D eigenvalue weighted by Crippen LogP contribution is 2.22. The van der Waals surface area contributed by atoms with E-state index < -0.39 is 29.5 Å². The Hall–Kier alpha value is -1.98. The van der Waals surface area contributed by atoms with Crippen molar-refractivity contribution >= 4 is 23.6 Å². The summed E-state index contributed by atoms with van der Waals surface area (Å²) < 4.78 is 0. The number of carbonyl (C=O) groups is 4. The summed E-state index contributed by atoms with van der Waals surface area (Å²) in [6.45, 7) is 0. The van der Waals surface area contributed by atoms with Crippen LogP contribution >= 0.6 is 0 Å². The van der Waals surface area contributed by atoms with E-state index in [4.69, 9.17) is 0 Å². The number of hydrogen-bond donors (Lipinski definition) is 2. The molecule has 6 heteroatoms. The Bertz CT molecular complexity index is 396. The van der Waals surface area contributed by atoms with Crippen LogP contribution in [0.25, 0.3) is 0 Å². The van der Waals surface area contributed by atoms with Crippen molar-refractivity contribution in [3.63, 3.8) is 0 Å². The molecule has 2 rings (SSSR count). The zero-order valence-corrected chi connectivity index (χ0v) is 6.99. The minimum absolute atomic E-state index is 0.0641. The summed E-state index contributed by atoms with van der Waals surface area (Å²) in [6.07, 6.45) is 0.997. The van der Waals surface area contributed by atoms with E-state index in [-0.39, 0.29) is 12.0 Å². The van der Waals surface area contributed by atoms with Crippen molar-refractivity contribution in [2.24, 2.45) is 5.92 Å². The van der Waals surface area contributed by atoms with E-state index in [0.717, 1.165) is 6.08 Å². The van der Waals surface area contributed by atoms with Gasteiger partial charge in [0.15, 0.2) is 0 Å². The van der Waals surface area contributed by atoms with Crippen molar-refractivity contribution < 1.29 is 19.2 Å². The van der Waals surface area contributed by atoms with Gasteiger partial charge in [0.2, 0.25) is 11.8 Å². The van der Waals surface area contributed by atoms with E-state index in [1.165, 1.54) is 0 Å². The van der Waals surface area contributed by atoms with E-state index in [0.29, 0.717) is 0 Å². The third-order valence-corrected chi connectivity index (χ3v) is 2.13. The van der Waals surface area contributed by atoms with E-state index in [1.807, 2.05) is 5.32 Å². The lowest BCUT2D eigenvalue weighted by molar-refractivity contribution is -0.128. The first-order chi connectivity index (χ1) is 6.58. The Labute approximate surface area is 78.3 Å². The summed E-state index contributed by atoms with van der Waals surface area (Å²) in [6, 6.07) is 0. The summed E-state index contributed by atoms with van der Waals surface area (Å²) >= 11 is 0. The standard InChI is InChI=1S/C8H6N2O4/c11-5-1-3(7(13)9-5)4-2-6(12)10-8(4)14/h1,4H,2H2,(H,9,11,13)(H,10,12,14). The summed E-state index contributed by atoms with van der Waals surface area (Å²) in [7, 11) is 0. The van der Waals surface area contributed by atoms with Crippen LogP contribution in [0.3, 0.4) is 0 Å². The highest BCUT2D eigenvalue weighted by atomic mass is 16.2. The quantitative estimate of drug-likeness (QED) is 0.483. The highest BCUT2D eigenvalue weighted by molar-refractivity contribution is 6.20. The molecule has 1 atom stereocenters. The lowest BCUT2D eigenvalue weighted by Gasteiger charge is -2.03. The smallest absolute Gasteiger partial charge is 0.255 e. The summed E-state index contributed by atoms with van der Waals surface area (Å²) in [5.74, 6) is -2.89. The van der Waals surface area contributed by atoms with Crippen molar-refractivity contribution in [1.29, 1.82) is 0 Å². The third kappa shape index (κ3) is 1.20. The molecule has 72 valence electrons. The first kappa shape index (κ1) is 8.61. The molecule has 0 aliphatic carbocycles. The summed E-state index contributed by atoms with van der Waals surface area (Å²) in [4.78, 5) is 43.9. The SMILES string of the molecule is O=C1C=C(C2CC(=O)NC2=O)C(=O)N1. The Kier molecular flexibility index (Phi) is 1.70. The van der Waals surface area contributed by atoms with E-state index in [2.05, 4.69) is 5.32 Å². The van der Waals surface area contributed by atoms with Gasteiger partial charge in [0.1, 0.15) is 0 Å². The summed E-state index contributed by atoms with van der Waals surface area (Å²) in [5.41, 5.74) is 0.0679. The first-order valence-corrected chi connectivity index (χ1v) is 3.98. The van der Waals surface area contributed by atoms with Crippen LogP contribution in [0.2, 0.25) is 0 Å². The van der Waals surface area contributed by atoms with Crippen LogP contribution < -0.4 is 10.6 Å². The molecule has 1 unspecified atom stereocenters. The molecule has 6 nitrogen and oxygen atoms in total. The van der Waals surface area contributed by atoms with E-state index in [1.54, 1.807) is 0 Å². The van der Waals surface area contributed by atoms with Crippen LogP contribution in [-0.2, 0) is 19.2 Å². The third-order valence-electron chi connectivity index (χ3n) is 2.13. The normalized spacial score (nSPS) is 26.3. The molecular weight excluding hydrogens is 188 g/mol. The van der Waals surface area contributed by atoms with Crippen molar-refractivity contribution in [3.05, 3.63) is 11.6 Å². The number of rotatable bonds is 1. The van der Waals surface area contributed by atoms with Gasteiger partial charge in [-0.2, -0.15) is 0 Å². The number of imide groups is 2. The maximum Gasteiger partial charge on any atom is 0.255 e. The zero-order chi connectivity index (χ0) is 10.3. The molecule has 2 aliphatic rings. The second kappa shape index (κ2) is 2.76. The predicted octanol–water partition coefficient (Wildman–Crippen LogP) is -1.77. The molecule has 14 heavy (non-hydrogen) atoms. The van der Waals surface area contributed by atoms with Gasteiger partial charge in [0, 0.05) is 18.1 Å². The van der Waals surface area contributed by atoms with Gasteiger partial charge in [-0.05, 0) is 0 Å². The van der Waals surface area contributed by atoms with Crippen LogP contribution in [-0.4, -0.2) is 23.6 Å². The molecule has 4 amide bonds. The minimum Gasteiger partial charge on any atom is -0.296 e. The van der Waals surface area contributed by atoms with Crippen molar-refractivity contribution in [1.82, 2.24) is 10.6 Å². The molecule has 2 heterocycles. The lowest BCUT2D eigenvalue weighted by Crippen LogP contribution is -2.27. The predicted molar refractivity (Wildman–Crippen MR) is 42.5 cm³/mol. The molecule has 0 bridgehead atoms. The lowest BCUT2D eigenvalue weighted by atomic mass is 9.98. The average Bonchev–Trinajstić information content (AvgIpc) is 2.55. The molecule has 0 aromatic rings. The van der Waals surface area contributed by atoms with Crippen LogP contribution in [0.5, 0.6) is 0 Å². The maximum absolute atomic E-state index is 11.2. The van der Waals surface area contributed by atoms with Gasteiger partial charge in [0.25, 0.3) is 11.8 Å². The summed E-state index contributed by atoms with van der Waals surface area (Å²) in [5, 5.41) is 4.09. The molecule has 0 saturated carbocycles. The second-order valence-electron chi connectivity index (χ2n) is 3.09. The van der Waals surface area contributed by atoms with Crippen LogP contribution in [0.4, 0.5) is 0 Å². The molecule has 2 aliphatic heterocycles. The minimum atomic E-state index is -0.811. The number of nitrogens with one attached hydrogen (secondary N) is 2. The fourth-order valence-corrected chi connectivity index (χ4v) is 1.49.